The maximum Gasteiger partial charge on any atom is 0.218 e. The van der Waals surface area contributed by atoms with Crippen molar-refractivity contribution in [1.82, 2.24) is 0 Å². The van der Waals surface area contributed by atoms with Crippen LogP contribution in [0.5, 0.6) is 0 Å². The van der Waals surface area contributed by atoms with Gasteiger partial charge in [0.05, 0.1) is 0 Å². The molecular weight excluding hydrogens is 132 g/mol. The number of aliphatic hydroxyl groups is 1. The van der Waals surface area contributed by atoms with Gasteiger partial charge in [0.1, 0.15) is 6.10 Å². The van der Waals surface area contributed by atoms with E-state index in [2.05, 4.69) is 0 Å². The first kappa shape index (κ1) is 6.09. The molecule has 1 aliphatic carbocycles. The van der Waals surface area contributed by atoms with Crippen molar-refractivity contribution in [3.8, 4) is 0 Å². The molecule has 54 valence electrons. The highest BCUT2D eigenvalue weighted by Gasteiger charge is 2.41. The van der Waals surface area contributed by atoms with Crippen molar-refractivity contribution in [2.45, 2.75) is 11.9 Å². The minimum atomic E-state index is -1.20. The normalized spacial score (nSPS) is 43.9. The Labute approximate surface area is 58.6 Å². The van der Waals surface area contributed by atoms with E-state index in [4.69, 9.17) is 9.47 Å². The van der Waals surface area contributed by atoms with Gasteiger partial charge >= 0.3 is 0 Å². The zero-order chi connectivity index (χ0) is 7.03. The van der Waals surface area contributed by atoms with Crippen molar-refractivity contribution < 1.29 is 14.6 Å². The van der Waals surface area contributed by atoms with Gasteiger partial charge in [0.2, 0.25) is 5.79 Å². The fourth-order valence-corrected chi connectivity index (χ4v) is 1.10. The molecule has 0 amide bonds. The molecule has 1 heterocycles. The van der Waals surface area contributed by atoms with Gasteiger partial charge in [-0.15, -0.1) is 0 Å². The summed E-state index contributed by atoms with van der Waals surface area (Å²) in [5.41, 5.74) is 0. The zero-order valence-corrected chi connectivity index (χ0v) is 5.36. The van der Waals surface area contributed by atoms with E-state index in [9.17, 15) is 5.11 Å². The first-order valence-corrected chi connectivity index (χ1v) is 3.15. The van der Waals surface area contributed by atoms with Crippen LogP contribution in [0.25, 0.3) is 0 Å². The molecule has 3 nitrogen and oxygen atoms in total. The average molecular weight is 140 g/mol. The molecule has 0 spiro atoms. The highest BCUT2D eigenvalue weighted by atomic mass is 16.8. The summed E-state index contributed by atoms with van der Waals surface area (Å²) in [6, 6.07) is 0. The number of hydrogen-bond acceptors (Lipinski definition) is 3. The number of ether oxygens (including phenoxy) is 2. The van der Waals surface area contributed by atoms with Crippen LogP contribution in [0, 0.1) is 0 Å². The number of rotatable bonds is 0. The third kappa shape index (κ3) is 0.718. The molecule has 3 heteroatoms. The fraction of sp³-hybridized carbons (Fsp3) is 0.429. The summed E-state index contributed by atoms with van der Waals surface area (Å²) in [6.45, 7) is 0.163. The molecule has 0 aromatic heterocycles. The Hall–Kier alpha value is -0.640. The fourth-order valence-electron chi connectivity index (χ4n) is 1.10. The zero-order valence-electron chi connectivity index (χ0n) is 5.36. The van der Waals surface area contributed by atoms with Gasteiger partial charge in [-0.25, -0.2) is 0 Å². The summed E-state index contributed by atoms with van der Waals surface area (Å²) >= 11 is 0. The molecule has 0 aromatic rings. The van der Waals surface area contributed by atoms with Gasteiger partial charge in [-0.1, -0.05) is 18.2 Å². The second-order valence-corrected chi connectivity index (χ2v) is 2.35. The Bertz CT molecular complexity index is 197. The van der Waals surface area contributed by atoms with Gasteiger partial charge in [0.15, 0.2) is 6.79 Å². The van der Waals surface area contributed by atoms with Gasteiger partial charge < -0.3 is 14.6 Å². The molecule has 0 radical (unpaired) electrons. The standard InChI is InChI=1S/C7H8O3/c8-7-4-2-1-3-6(7)9-5-10-7/h1-4,6,8H,5H2. The molecular formula is C7H8O3. The van der Waals surface area contributed by atoms with Crippen molar-refractivity contribution in [3.63, 3.8) is 0 Å². The summed E-state index contributed by atoms with van der Waals surface area (Å²) in [5.74, 6) is -1.20. The molecule has 1 fully saturated rings. The Morgan fingerprint density at radius 1 is 1.50 bits per heavy atom. The first-order chi connectivity index (χ1) is 4.81. The van der Waals surface area contributed by atoms with Crippen molar-refractivity contribution in [3.05, 3.63) is 24.3 Å². The molecule has 0 aromatic carbocycles. The maximum atomic E-state index is 9.53. The predicted octanol–water partition coefficient (Wildman–Crippen LogP) is 0.174. The van der Waals surface area contributed by atoms with Crippen molar-refractivity contribution in [2.24, 2.45) is 0 Å². The summed E-state index contributed by atoms with van der Waals surface area (Å²) < 4.78 is 9.99. The van der Waals surface area contributed by atoms with Crippen LogP contribution in [-0.4, -0.2) is 23.8 Å². The predicted molar refractivity (Wildman–Crippen MR) is 34.1 cm³/mol. The van der Waals surface area contributed by atoms with Crippen molar-refractivity contribution in [1.29, 1.82) is 0 Å². The van der Waals surface area contributed by atoms with Crippen LogP contribution in [0.1, 0.15) is 0 Å². The van der Waals surface area contributed by atoms with E-state index in [-0.39, 0.29) is 12.9 Å². The third-order valence-electron chi connectivity index (χ3n) is 1.68. The van der Waals surface area contributed by atoms with Crippen LogP contribution in [0.15, 0.2) is 24.3 Å². The second-order valence-electron chi connectivity index (χ2n) is 2.35. The summed E-state index contributed by atoms with van der Waals surface area (Å²) in [6.07, 6.45) is 6.61. The summed E-state index contributed by atoms with van der Waals surface area (Å²) in [7, 11) is 0. The van der Waals surface area contributed by atoms with Crippen LogP contribution >= 0.6 is 0 Å². The van der Waals surface area contributed by atoms with Crippen LogP contribution in [0.3, 0.4) is 0 Å². The second kappa shape index (κ2) is 1.92. The van der Waals surface area contributed by atoms with Crippen molar-refractivity contribution in [2.75, 3.05) is 6.79 Å². The minimum Gasteiger partial charge on any atom is -0.360 e. The largest absolute Gasteiger partial charge is 0.360 e. The molecule has 0 saturated carbocycles. The van der Waals surface area contributed by atoms with Gasteiger partial charge in [-0.3, -0.25) is 0 Å². The molecule has 1 saturated heterocycles. The highest BCUT2D eigenvalue weighted by molar-refractivity contribution is 5.20. The van der Waals surface area contributed by atoms with Crippen molar-refractivity contribution >= 4 is 0 Å². The summed E-state index contributed by atoms with van der Waals surface area (Å²) in [5, 5.41) is 9.53. The summed E-state index contributed by atoms with van der Waals surface area (Å²) in [4.78, 5) is 0. The van der Waals surface area contributed by atoms with E-state index >= 15 is 0 Å². The number of fused-ring (bicyclic) bond motifs is 1. The Kier molecular flexibility index (Phi) is 1.17. The molecule has 1 N–H and O–H groups in total. The van der Waals surface area contributed by atoms with Crippen LogP contribution in [0.2, 0.25) is 0 Å². The van der Waals surface area contributed by atoms with E-state index in [0.717, 1.165) is 0 Å². The van der Waals surface area contributed by atoms with E-state index in [1.165, 1.54) is 0 Å². The number of hydrogen-bond donors (Lipinski definition) is 1. The van der Waals surface area contributed by atoms with Crippen LogP contribution in [-0.2, 0) is 9.47 Å². The van der Waals surface area contributed by atoms with Gasteiger partial charge in [0, 0.05) is 0 Å². The Morgan fingerprint density at radius 2 is 2.40 bits per heavy atom. The SMILES string of the molecule is OC12C=CC=CC1OCO2. The van der Waals surface area contributed by atoms with Gasteiger partial charge in [0.25, 0.3) is 0 Å². The lowest BCUT2D eigenvalue weighted by atomic mass is 10.1. The van der Waals surface area contributed by atoms with E-state index in [0.29, 0.717) is 0 Å². The lowest BCUT2D eigenvalue weighted by Gasteiger charge is -2.22. The lowest BCUT2D eigenvalue weighted by molar-refractivity contribution is -0.133. The molecule has 2 rings (SSSR count). The molecule has 0 bridgehead atoms. The Balaban J connectivity index is 2.30. The molecule has 2 unspecified atom stereocenters. The maximum absolute atomic E-state index is 9.53. The monoisotopic (exact) mass is 140 g/mol. The highest BCUT2D eigenvalue weighted by Crippen LogP contribution is 2.27. The van der Waals surface area contributed by atoms with Crippen LogP contribution in [0.4, 0.5) is 0 Å². The number of allylic oxidation sites excluding steroid dienone is 2. The molecule has 2 aliphatic rings. The Morgan fingerprint density at radius 3 is 3.20 bits per heavy atom. The first-order valence-electron chi connectivity index (χ1n) is 3.15. The molecule has 1 aliphatic heterocycles. The van der Waals surface area contributed by atoms with E-state index in [1.54, 1.807) is 18.2 Å². The molecule has 10 heavy (non-hydrogen) atoms. The molecule has 2 atom stereocenters. The lowest BCUT2D eigenvalue weighted by Crippen LogP contribution is -2.37. The van der Waals surface area contributed by atoms with Crippen LogP contribution < -0.4 is 0 Å². The van der Waals surface area contributed by atoms with Gasteiger partial charge in [-0.05, 0) is 6.08 Å². The average Bonchev–Trinajstić information content (AvgIpc) is 2.29. The quantitative estimate of drug-likeness (QED) is 0.521. The topological polar surface area (TPSA) is 38.7 Å². The van der Waals surface area contributed by atoms with E-state index < -0.39 is 5.79 Å². The smallest absolute Gasteiger partial charge is 0.218 e. The van der Waals surface area contributed by atoms with E-state index in [1.807, 2.05) is 6.08 Å². The third-order valence-corrected chi connectivity index (χ3v) is 1.68. The van der Waals surface area contributed by atoms with Gasteiger partial charge in [-0.2, -0.15) is 0 Å². The minimum absolute atomic E-state index is 0.163.